The number of ether oxygens (including phenoxy) is 1. The van der Waals surface area contributed by atoms with Crippen molar-refractivity contribution in [1.29, 1.82) is 0 Å². The number of unbranched alkanes of at least 4 members (excludes halogenated alkanes) is 1. The summed E-state index contributed by atoms with van der Waals surface area (Å²) in [6.45, 7) is 0.630. The van der Waals surface area contributed by atoms with Crippen molar-refractivity contribution in [1.82, 2.24) is 0 Å². The highest BCUT2D eigenvalue weighted by atomic mass is 35.5. The van der Waals surface area contributed by atoms with E-state index in [2.05, 4.69) is 5.32 Å². The molecule has 0 saturated carbocycles. The highest BCUT2D eigenvalue weighted by Gasteiger charge is 2.09. The normalized spacial score (nSPS) is 10.2. The first kappa shape index (κ1) is 15.5. The number of carbonyl (C=O) groups excluding carboxylic acids is 2. The van der Waals surface area contributed by atoms with Gasteiger partial charge in [0.05, 0.1) is 10.7 Å². The maximum atomic E-state index is 11.7. The first-order valence-corrected chi connectivity index (χ1v) is 6.30. The lowest BCUT2D eigenvalue weighted by atomic mass is 10.2. The molecular formula is C13H17ClN2O3. The van der Waals surface area contributed by atoms with Crippen molar-refractivity contribution < 1.29 is 14.3 Å². The minimum atomic E-state index is -0.563. The molecule has 19 heavy (non-hydrogen) atoms. The second-order valence-corrected chi connectivity index (χ2v) is 4.46. The molecule has 0 aliphatic rings. The fraction of sp³-hybridized carbons (Fsp3) is 0.385. The molecule has 0 aromatic heterocycles. The van der Waals surface area contributed by atoms with E-state index < -0.39 is 5.91 Å². The van der Waals surface area contributed by atoms with Gasteiger partial charge < -0.3 is 15.8 Å². The number of hydrogen-bond donors (Lipinski definition) is 2. The van der Waals surface area contributed by atoms with Gasteiger partial charge in [0.1, 0.15) is 0 Å². The first-order chi connectivity index (χ1) is 9.04. The Bertz CT molecular complexity index is 463. The summed E-state index contributed by atoms with van der Waals surface area (Å²) in [4.78, 5) is 22.7. The Labute approximate surface area is 117 Å². The number of amides is 2. The Hall–Kier alpha value is -1.59. The van der Waals surface area contributed by atoms with Crippen LogP contribution in [0.15, 0.2) is 18.2 Å². The van der Waals surface area contributed by atoms with Crippen LogP contribution >= 0.6 is 11.6 Å². The van der Waals surface area contributed by atoms with Crippen LogP contribution in [0.4, 0.5) is 5.69 Å². The fourth-order valence-corrected chi connectivity index (χ4v) is 1.68. The summed E-state index contributed by atoms with van der Waals surface area (Å²) in [7, 11) is 1.62. The van der Waals surface area contributed by atoms with Gasteiger partial charge in [0, 0.05) is 25.7 Å². The number of nitrogens with two attached hydrogens (primary N) is 1. The van der Waals surface area contributed by atoms with Crippen molar-refractivity contribution in [3.8, 4) is 0 Å². The summed E-state index contributed by atoms with van der Waals surface area (Å²) in [6, 6.07) is 4.51. The maximum Gasteiger partial charge on any atom is 0.248 e. The van der Waals surface area contributed by atoms with Crippen molar-refractivity contribution >= 4 is 29.1 Å². The Morgan fingerprint density at radius 1 is 1.37 bits per heavy atom. The Morgan fingerprint density at radius 3 is 2.74 bits per heavy atom. The average molecular weight is 285 g/mol. The highest BCUT2D eigenvalue weighted by molar-refractivity contribution is 6.33. The molecule has 0 unspecified atom stereocenters. The van der Waals surface area contributed by atoms with Crippen LogP contribution in [0.5, 0.6) is 0 Å². The van der Waals surface area contributed by atoms with Gasteiger partial charge >= 0.3 is 0 Å². The van der Waals surface area contributed by atoms with Crippen LogP contribution in [0.3, 0.4) is 0 Å². The van der Waals surface area contributed by atoms with Gasteiger partial charge in [-0.25, -0.2) is 0 Å². The van der Waals surface area contributed by atoms with Gasteiger partial charge in [-0.3, -0.25) is 9.59 Å². The standard InChI is InChI=1S/C13H17ClN2O3/c1-19-7-3-2-4-12(17)16-11-8-9(13(15)18)5-6-10(11)14/h5-6,8H,2-4,7H2,1H3,(H2,15,18)(H,16,17). The lowest BCUT2D eigenvalue weighted by Gasteiger charge is -2.08. The van der Waals surface area contributed by atoms with Gasteiger partial charge in [0.25, 0.3) is 0 Å². The molecule has 0 radical (unpaired) electrons. The van der Waals surface area contributed by atoms with Gasteiger partial charge in [-0.15, -0.1) is 0 Å². The van der Waals surface area contributed by atoms with Crippen molar-refractivity contribution in [2.75, 3.05) is 19.0 Å². The van der Waals surface area contributed by atoms with Crippen molar-refractivity contribution in [3.63, 3.8) is 0 Å². The third-order valence-electron chi connectivity index (χ3n) is 2.53. The molecule has 0 saturated heterocycles. The van der Waals surface area contributed by atoms with E-state index >= 15 is 0 Å². The summed E-state index contributed by atoms with van der Waals surface area (Å²) in [6.07, 6.45) is 1.92. The summed E-state index contributed by atoms with van der Waals surface area (Å²) in [5.41, 5.74) is 5.87. The van der Waals surface area contributed by atoms with E-state index in [1.807, 2.05) is 0 Å². The molecule has 1 aromatic rings. The summed E-state index contributed by atoms with van der Waals surface area (Å²) >= 11 is 5.94. The number of benzene rings is 1. The number of rotatable bonds is 7. The monoisotopic (exact) mass is 284 g/mol. The zero-order valence-corrected chi connectivity index (χ0v) is 11.5. The second kappa shape index (κ2) is 7.76. The number of methoxy groups -OCH3 is 1. The van der Waals surface area contributed by atoms with Crippen molar-refractivity contribution in [2.45, 2.75) is 19.3 Å². The van der Waals surface area contributed by atoms with Crippen LogP contribution in [0.25, 0.3) is 0 Å². The molecule has 0 spiro atoms. The quantitative estimate of drug-likeness (QED) is 0.753. The molecule has 0 heterocycles. The predicted molar refractivity (Wildman–Crippen MR) is 74.3 cm³/mol. The summed E-state index contributed by atoms with van der Waals surface area (Å²) in [5, 5.41) is 3.03. The third kappa shape index (κ3) is 5.28. The van der Waals surface area contributed by atoms with Crippen LogP contribution in [0.2, 0.25) is 5.02 Å². The SMILES string of the molecule is COCCCCC(=O)Nc1cc(C(N)=O)ccc1Cl. The molecule has 104 valence electrons. The fourth-order valence-electron chi connectivity index (χ4n) is 1.52. The lowest BCUT2D eigenvalue weighted by molar-refractivity contribution is -0.116. The van der Waals surface area contributed by atoms with E-state index in [1.54, 1.807) is 7.11 Å². The Balaban J connectivity index is 2.58. The molecular weight excluding hydrogens is 268 g/mol. The van der Waals surface area contributed by atoms with E-state index in [0.717, 1.165) is 12.8 Å². The van der Waals surface area contributed by atoms with E-state index in [1.165, 1.54) is 18.2 Å². The molecule has 6 heteroatoms. The van der Waals surface area contributed by atoms with E-state index in [-0.39, 0.29) is 5.91 Å². The third-order valence-corrected chi connectivity index (χ3v) is 2.86. The number of hydrogen-bond acceptors (Lipinski definition) is 3. The highest BCUT2D eigenvalue weighted by Crippen LogP contribution is 2.23. The van der Waals surface area contributed by atoms with Crippen molar-refractivity contribution in [2.24, 2.45) is 5.73 Å². The number of primary amides is 1. The van der Waals surface area contributed by atoms with E-state index in [4.69, 9.17) is 22.1 Å². The zero-order chi connectivity index (χ0) is 14.3. The largest absolute Gasteiger partial charge is 0.385 e. The van der Waals surface area contributed by atoms with E-state index in [9.17, 15) is 9.59 Å². The van der Waals surface area contributed by atoms with Crippen LogP contribution < -0.4 is 11.1 Å². The predicted octanol–water partition coefficient (Wildman–Crippen LogP) is 2.19. The molecule has 1 rings (SSSR count). The number of anilines is 1. The maximum absolute atomic E-state index is 11.7. The first-order valence-electron chi connectivity index (χ1n) is 5.92. The van der Waals surface area contributed by atoms with Crippen LogP contribution in [0.1, 0.15) is 29.6 Å². The molecule has 0 aliphatic heterocycles. The smallest absolute Gasteiger partial charge is 0.248 e. The molecule has 5 nitrogen and oxygen atoms in total. The average Bonchev–Trinajstić information content (AvgIpc) is 2.37. The second-order valence-electron chi connectivity index (χ2n) is 4.06. The van der Waals surface area contributed by atoms with Gasteiger partial charge in [-0.2, -0.15) is 0 Å². The molecule has 2 amide bonds. The van der Waals surface area contributed by atoms with Gasteiger partial charge in [0.15, 0.2) is 0 Å². The van der Waals surface area contributed by atoms with Crippen LogP contribution in [-0.2, 0) is 9.53 Å². The zero-order valence-electron chi connectivity index (χ0n) is 10.7. The molecule has 1 aromatic carbocycles. The molecule has 0 aliphatic carbocycles. The Morgan fingerprint density at radius 2 is 2.11 bits per heavy atom. The summed E-state index contributed by atoms with van der Waals surface area (Å²) in [5.74, 6) is -0.716. The lowest BCUT2D eigenvalue weighted by Crippen LogP contribution is -2.14. The van der Waals surface area contributed by atoms with E-state index in [0.29, 0.717) is 29.3 Å². The van der Waals surface area contributed by atoms with Crippen molar-refractivity contribution in [3.05, 3.63) is 28.8 Å². The Kier molecular flexibility index (Phi) is 6.32. The van der Waals surface area contributed by atoms with Crippen LogP contribution in [0, 0.1) is 0 Å². The number of carbonyl (C=O) groups is 2. The van der Waals surface area contributed by atoms with Gasteiger partial charge in [-0.1, -0.05) is 11.6 Å². The molecule has 0 fully saturated rings. The molecule has 0 atom stereocenters. The number of nitrogens with one attached hydrogen (secondary N) is 1. The minimum absolute atomic E-state index is 0.153. The molecule has 3 N–H and O–H groups in total. The van der Waals surface area contributed by atoms with Crippen LogP contribution in [-0.4, -0.2) is 25.5 Å². The topological polar surface area (TPSA) is 81.4 Å². The molecule has 0 bridgehead atoms. The summed E-state index contributed by atoms with van der Waals surface area (Å²) < 4.78 is 4.90. The van der Waals surface area contributed by atoms with Gasteiger partial charge in [-0.05, 0) is 31.0 Å². The van der Waals surface area contributed by atoms with Gasteiger partial charge in [0.2, 0.25) is 11.8 Å². The minimum Gasteiger partial charge on any atom is -0.385 e. The number of halogens is 1.